The first-order chi connectivity index (χ1) is 14.4. The van der Waals surface area contributed by atoms with Crippen LogP contribution in [0.5, 0.6) is 0 Å². The highest BCUT2D eigenvalue weighted by Crippen LogP contribution is 2.38. The SMILES string of the molecule is CNC(=O)c1c(Cl)c(-c2ccccc2)n2c1CN(S(=O)(=O)Nc1ccccc1)CC2. The first-order valence-corrected chi connectivity index (χ1v) is 11.3. The Hall–Kier alpha value is -2.81. The number of hydrogen-bond acceptors (Lipinski definition) is 3. The van der Waals surface area contributed by atoms with E-state index in [9.17, 15) is 13.2 Å². The second-order valence-electron chi connectivity index (χ2n) is 6.89. The Labute approximate surface area is 180 Å². The number of anilines is 1. The van der Waals surface area contributed by atoms with Gasteiger partial charge in [-0.05, 0) is 17.7 Å². The summed E-state index contributed by atoms with van der Waals surface area (Å²) in [5.41, 5.74) is 2.95. The standard InChI is InChI=1S/C21H21ClN4O3S/c1-23-21(27)18-17-14-25(30(28,29)24-16-10-6-3-7-11-16)12-13-26(17)20(19(18)22)15-8-4-2-5-9-15/h2-11,24H,12-14H2,1H3,(H,23,27). The summed E-state index contributed by atoms with van der Waals surface area (Å²) < 4.78 is 31.8. The van der Waals surface area contributed by atoms with E-state index in [1.54, 1.807) is 24.3 Å². The Morgan fingerprint density at radius 2 is 1.63 bits per heavy atom. The van der Waals surface area contributed by atoms with Crippen LogP contribution in [0.4, 0.5) is 5.69 Å². The number of benzene rings is 2. The largest absolute Gasteiger partial charge is 0.355 e. The average molecular weight is 445 g/mol. The molecule has 30 heavy (non-hydrogen) atoms. The zero-order valence-electron chi connectivity index (χ0n) is 16.3. The highest BCUT2D eigenvalue weighted by atomic mass is 35.5. The minimum Gasteiger partial charge on any atom is -0.355 e. The van der Waals surface area contributed by atoms with E-state index >= 15 is 0 Å². The van der Waals surface area contributed by atoms with E-state index in [-0.39, 0.29) is 19.0 Å². The van der Waals surface area contributed by atoms with Crippen LogP contribution < -0.4 is 10.0 Å². The molecule has 3 aromatic rings. The van der Waals surface area contributed by atoms with Gasteiger partial charge in [-0.2, -0.15) is 12.7 Å². The molecule has 0 saturated carbocycles. The lowest BCUT2D eigenvalue weighted by molar-refractivity contribution is 0.0961. The van der Waals surface area contributed by atoms with Crippen molar-refractivity contribution in [3.63, 3.8) is 0 Å². The van der Waals surface area contributed by atoms with Crippen LogP contribution in [0.25, 0.3) is 11.3 Å². The van der Waals surface area contributed by atoms with Crippen molar-refractivity contribution in [2.45, 2.75) is 13.1 Å². The van der Waals surface area contributed by atoms with Crippen LogP contribution in [0, 0.1) is 0 Å². The molecule has 156 valence electrons. The first-order valence-electron chi connectivity index (χ1n) is 9.43. The predicted octanol–water partition coefficient (Wildman–Crippen LogP) is 3.34. The second kappa shape index (κ2) is 8.14. The topological polar surface area (TPSA) is 83.4 Å². The molecule has 0 fully saturated rings. The Balaban J connectivity index is 1.75. The minimum absolute atomic E-state index is 0.0392. The molecule has 9 heteroatoms. The smallest absolute Gasteiger partial charge is 0.302 e. The highest BCUT2D eigenvalue weighted by molar-refractivity contribution is 7.90. The van der Waals surface area contributed by atoms with Crippen molar-refractivity contribution in [3.05, 3.63) is 76.9 Å². The molecule has 0 aliphatic carbocycles. The highest BCUT2D eigenvalue weighted by Gasteiger charge is 2.34. The van der Waals surface area contributed by atoms with Gasteiger partial charge in [-0.3, -0.25) is 9.52 Å². The summed E-state index contributed by atoms with van der Waals surface area (Å²) in [6, 6.07) is 18.2. The molecule has 1 aromatic heterocycles. The summed E-state index contributed by atoms with van der Waals surface area (Å²) >= 11 is 6.65. The van der Waals surface area contributed by atoms with E-state index < -0.39 is 10.2 Å². The fraction of sp³-hybridized carbons (Fsp3) is 0.190. The molecule has 2 heterocycles. The van der Waals surface area contributed by atoms with Gasteiger partial charge < -0.3 is 9.88 Å². The van der Waals surface area contributed by atoms with Crippen LogP contribution in [0.1, 0.15) is 16.1 Å². The quantitative estimate of drug-likeness (QED) is 0.633. The third-order valence-corrected chi connectivity index (χ3v) is 6.93. The van der Waals surface area contributed by atoms with Gasteiger partial charge in [0.25, 0.3) is 5.91 Å². The van der Waals surface area contributed by atoms with Crippen molar-refractivity contribution >= 4 is 33.4 Å². The lowest BCUT2D eigenvalue weighted by Gasteiger charge is -2.29. The van der Waals surface area contributed by atoms with Crippen molar-refractivity contribution in [2.75, 3.05) is 18.3 Å². The maximum absolute atomic E-state index is 12.9. The van der Waals surface area contributed by atoms with Crippen molar-refractivity contribution in [1.82, 2.24) is 14.2 Å². The maximum atomic E-state index is 12.9. The lowest BCUT2D eigenvalue weighted by atomic mass is 10.1. The van der Waals surface area contributed by atoms with Gasteiger partial charge in [-0.1, -0.05) is 60.1 Å². The molecule has 2 aromatic carbocycles. The Bertz CT molecular complexity index is 1180. The average Bonchev–Trinajstić information content (AvgIpc) is 3.05. The molecule has 0 atom stereocenters. The molecule has 0 radical (unpaired) electrons. The molecule has 2 N–H and O–H groups in total. The van der Waals surface area contributed by atoms with Gasteiger partial charge in [-0.15, -0.1) is 0 Å². The van der Waals surface area contributed by atoms with E-state index in [1.165, 1.54) is 11.4 Å². The molecular weight excluding hydrogens is 424 g/mol. The van der Waals surface area contributed by atoms with Gasteiger partial charge in [0.05, 0.1) is 22.8 Å². The van der Waals surface area contributed by atoms with Gasteiger partial charge in [0.1, 0.15) is 0 Å². The van der Waals surface area contributed by atoms with Crippen LogP contribution >= 0.6 is 11.6 Å². The number of rotatable bonds is 5. The van der Waals surface area contributed by atoms with Gasteiger partial charge >= 0.3 is 10.2 Å². The number of carbonyl (C=O) groups is 1. The molecule has 0 bridgehead atoms. The van der Waals surface area contributed by atoms with Crippen molar-refractivity contribution in [2.24, 2.45) is 0 Å². The number of para-hydroxylation sites is 1. The number of hydrogen-bond donors (Lipinski definition) is 2. The van der Waals surface area contributed by atoms with Crippen LogP contribution in [-0.2, 0) is 23.3 Å². The summed E-state index contributed by atoms with van der Waals surface area (Å²) in [4.78, 5) is 12.6. The lowest BCUT2D eigenvalue weighted by Crippen LogP contribution is -2.42. The van der Waals surface area contributed by atoms with E-state index in [4.69, 9.17) is 11.6 Å². The maximum Gasteiger partial charge on any atom is 0.302 e. The summed E-state index contributed by atoms with van der Waals surface area (Å²) in [6.07, 6.45) is 0. The second-order valence-corrected chi connectivity index (χ2v) is 8.94. The molecule has 0 spiro atoms. The molecular formula is C21H21ClN4O3S. The van der Waals surface area contributed by atoms with Crippen molar-refractivity contribution in [1.29, 1.82) is 0 Å². The van der Waals surface area contributed by atoms with Gasteiger partial charge in [0.2, 0.25) is 0 Å². The zero-order chi connectivity index (χ0) is 21.3. The molecule has 7 nitrogen and oxygen atoms in total. The molecule has 1 aliphatic heterocycles. The third kappa shape index (κ3) is 3.69. The normalized spacial score (nSPS) is 14.2. The Kier molecular flexibility index (Phi) is 5.55. The third-order valence-electron chi connectivity index (χ3n) is 5.07. The monoisotopic (exact) mass is 444 g/mol. The van der Waals surface area contributed by atoms with Gasteiger partial charge in [-0.25, -0.2) is 0 Å². The summed E-state index contributed by atoms with van der Waals surface area (Å²) in [5, 5.41) is 2.93. The number of nitrogens with zero attached hydrogens (tertiary/aromatic N) is 2. The number of amides is 1. The molecule has 1 aliphatic rings. The van der Waals surface area contributed by atoms with Crippen molar-refractivity contribution < 1.29 is 13.2 Å². The fourth-order valence-corrected chi connectivity index (χ4v) is 5.24. The summed E-state index contributed by atoms with van der Waals surface area (Å²) in [7, 11) is -2.27. The van der Waals surface area contributed by atoms with Crippen LogP contribution in [0.15, 0.2) is 60.7 Å². The Morgan fingerprint density at radius 3 is 2.27 bits per heavy atom. The van der Waals surface area contributed by atoms with E-state index in [1.807, 2.05) is 41.0 Å². The number of halogens is 1. The van der Waals surface area contributed by atoms with Crippen LogP contribution in [0.3, 0.4) is 0 Å². The minimum atomic E-state index is -3.80. The Morgan fingerprint density at radius 1 is 1.00 bits per heavy atom. The van der Waals surface area contributed by atoms with Crippen molar-refractivity contribution in [3.8, 4) is 11.3 Å². The zero-order valence-corrected chi connectivity index (χ0v) is 17.9. The number of aromatic nitrogens is 1. The van der Waals surface area contributed by atoms with E-state index in [0.717, 1.165) is 11.3 Å². The molecule has 1 amide bonds. The number of fused-ring (bicyclic) bond motifs is 1. The first kappa shape index (κ1) is 20.5. The van der Waals surface area contributed by atoms with Crippen LogP contribution in [0.2, 0.25) is 5.02 Å². The van der Waals surface area contributed by atoms with Gasteiger partial charge in [0.15, 0.2) is 0 Å². The fourth-order valence-electron chi connectivity index (χ4n) is 3.66. The molecule has 4 rings (SSSR count). The number of nitrogens with one attached hydrogen (secondary N) is 2. The van der Waals surface area contributed by atoms with E-state index in [0.29, 0.717) is 28.5 Å². The summed E-state index contributed by atoms with van der Waals surface area (Å²) in [6.45, 7) is 0.677. The van der Waals surface area contributed by atoms with Crippen LogP contribution in [-0.4, -0.2) is 36.8 Å². The molecule has 0 unspecified atom stereocenters. The molecule has 0 saturated heterocycles. The van der Waals surface area contributed by atoms with Gasteiger partial charge in [0, 0.05) is 31.5 Å². The van der Waals surface area contributed by atoms with E-state index in [2.05, 4.69) is 10.0 Å². The number of carbonyl (C=O) groups excluding carboxylic acids is 1. The summed E-state index contributed by atoms with van der Waals surface area (Å²) in [5.74, 6) is -0.346. The predicted molar refractivity (Wildman–Crippen MR) is 118 cm³/mol.